The van der Waals surface area contributed by atoms with Crippen LogP contribution in [-0.4, -0.2) is 15.2 Å². The third-order valence-electron chi connectivity index (χ3n) is 4.58. The number of hydrogen-bond donors (Lipinski definition) is 0. The van der Waals surface area contributed by atoms with Gasteiger partial charge in [-0.05, 0) is 30.7 Å². The van der Waals surface area contributed by atoms with Gasteiger partial charge in [0.15, 0.2) is 5.78 Å². The third-order valence-corrected chi connectivity index (χ3v) is 4.94. The highest BCUT2D eigenvalue weighted by Crippen LogP contribution is 2.23. The molecule has 2 heterocycles. The molecule has 0 spiro atoms. The molecule has 0 amide bonds. The Morgan fingerprint density at radius 1 is 1.04 bits per heavy atom. The van der Waals surface area contributed by atoms with Crippen molar-refractivity contribution >= 4 is 23.0 Å². The van der Waals surface area contributed by atoms with Gasteiger partial charge >= 0.3 is 0 Å². The maximum atomic E-state index is 13.8. The van der Waals surface area contributed by atoms with Gasteiger partial charge in [0.25, 0.3) is 0 Å². The van der Waals surface area contributed by atoms with Gasteiger partial charge in [0, 0.05) is 34.3 Å². The highest BCUT2D eigenvalue weighted by atomic mass is 35.5. The number of hydrogen-bond acceptors (Lipinski definition) is 2. The molecule has 0 bridgehead atoms. The smallest absolute Gasteiger partial charge is 0.163 e. The molecule has 0 aliphatic carbocycles. The summed E-state index contributed by atoms with van der Waals surface area (Å²) in [5.74, 6) is -0.419. The Hall–Kier alpha value is -2.98. The lowest BCUT2D eigenvalue weighted by Gasteiger charge is -2.06. The molecule has 0 N–H and O–H groups in total. The molecular formula is C22H16ClFN2O. The zero-order valence-electron chi connectivity index (χ0n) is 14.4. The van der Waals surface area contributed by atoms with E-state index in [4.69, 9.17) is 11.6 Å². The topological polar surface area (TPSA) is 34.4 Å². The number of carbonyl (C=O) groups is 1. The molecule has 134 valence electrons. The van der Waals surface area contributed by atoms with E-state index >= 15 is 0 Å². The average Bonchev–Trinajstić information content (AvgIpc) is 3.12. The van der Waals surface area contributed by atoms with Gasteiger partial charge in [-0.25, -0.2) is 9.37 Å². The van der Waals surface area contributed by atoms with Gasteiger partial charge in [0.1, 0.15) is 11.5 Å². The molecule has 0 aliphatic heterocycles. The van der Waals surface area contributed by atoms with E-state index in [0.29, 0.717) is 16.1 Å². The predicted molar refractivity (Wildman–Crippen MR) is 105 cm³/mol. The monoisotopic (exact) mass is 378 g/mol. The summed E-state index contributed by atoms with van der Waals surface area (Å²) in [6.45, 7) is 0. The first-order valence-electron chi connectivity index (χ1n) is 8.62. The molecule has 0 fully saturated rings. The number of pyridine rings is 1. The van der Waals surface area contributed by atoms with Gasteiger partial charge in [-0.2, -0.15) is 0 Å². The summed E-state index contributed by atoms with van der Waals surface area (Å²) in [5, 5.41) is 0.353. The Balaban J connectivity index is 1.51. The molecular weight excluding hydrogens is 363 g/mol. The van der Waals surface area contributed by atoms with E-state index < -0.39 is 0 Å². The number of carbonyl (C=O) groups excluding carboxylic acids is 1. The Labute approximate surface area is 161 Å². The summed E-state index contributed by atoms with van der Waals surface area (Å²) in [7, 11) is 0. The van der Waals surface area contributed by atoms with E-state index in [1.54, 1.807) is 24.3 Å². The number of benzene rings is 2. The van der Waals surface area contributed by atoms with Crippen LogP contribution in [0.4, 0.5) is 4.39 Å². The molecule has 2 aromatic heterocycles. The van der Waals surface area contributed by atoms with E-state index in [0.717, 1.165) is 16.9 Å². The predicted octanol–water partition coefficient (Wildman–Crippen LogP) is 5.61. The first-order valence-corrected chi connectivity index (χ1v) is 9.00. The van der Waals surface area contributed by atoms with Crippen molar-refractivity contribution in [1.82, 2.24) is 9.38 Å². The molecule has 0 unspecified atom stereocenters. The van der Waals surface area contributed by atoms with Crippen LogP contribution in [0.1, 0.15) is 22.3 Å². The van der Waals surface area contributed by atoms with Gasteiger partial charge in [0.05, 0.1) is 11.9 Å². The Morgan fingerprint density at radius 2 is 1.85 bits per heavy atom. The molecule has 27 heavy (non-hydrogen) atoms. The van der Waals surface area contributed by atoms with Crippen LogP contribution in [0.25, 0.3) is 16.9 Å². The lowest BCUT2D eigenvalue weighted by Crippen LogP contribution is -2.03. The molecule has 0 saturated heterocycles. The first kappa shape index (κ1) is 17.4. The lowest BCUT2D eigenvalue weighted by atomic mass is 10.0. The fourth-order valence-electron chi connectivity index (χ4n) is 3.13. The van der Waals surface area contributed by atoms with Crippen LogP contribution in [0.2, 0.25) is 5.02 Å². The molecule has 2 aromatic carbocycles. The summed E-state index contributed by atoms with van der Waals surface area (Å²) < 4.78 is 15.8. The molecule has 5 heteroatoms. The molecule has 0 atom stereocenters. The van der Waals surface area contributed by atoms with E-state index in [1.807, 2.05) is 47.1 Å². The van der Waals surface area contributed by atoms with E-state index in [-0.39, 0.29) is 24.4 Å². The molecule has 0 radical (unpaired) electrons. The van der Waals surface area contributed by atoms with Gasteiger partial charge < -0.3 is 0 Å². The SMILES string of the molecule is O=C(CCc1c(F)cccc1Cl)c1ccc(-c2cnc3ccccn23)cc1. The van der Waals surface area contributed by atoms with Crippen molar-refractivity contribution in [3.05, 3.63) is 95.0 Å². The van der Waals surface area contributed by atoms with Crippen molar-refractivity contribution in [2.45, 2.75) is 12.8 Å². The molecule has 4 rings (SSSR count). The minimum absolute atomic E-state index is 0.0426. The maximum Gasteiger partial charge on any atom is 0.163 e. The van der Waals surface area contributed by atoms with E-state index in [1.165, 1.54) is 6.07 Å². The minimum Gasteiger partial charge on any atom is -0.300 e. The number of Topliss-reactive ketones (excluding diaryl/α,β-unsaturated/α-hetero) is 1. The number of halogens is 2. The van der Waals surface area contributed by atoms with E-state index in [2.05, 4.69) is 4.98 Å². The van der Waals surface area contributed by atoms with Crippen LogP contribution >= 0.6 is 11.6 Å². The first-order chi connectivity index (χ1) is 13.1. The zero-order chi connectivity index (χ0) is 18.8. The van der Waals surface area contributed by atoms with Crippen molar-refractivity contribution in [3.8, 4) is 11.3 Å². The van der Waals surface area contributed by atoms with Crippen molar-refractivity contribution in [2.75, 3.05) is 0 Å². The zero-order valence-corrected chi connectivity index (χ0v) is 15.2. The van der Waals surface area contributed by atoms with Gasteiger partial charge in [-0.3, -0.25) is 9.20 Å². The molecule has 0 aliphatic rings. The Kier molecular flexibility index (Phi) is 4.73. The van der Waals surface area contributed by atoms with Crippen LogP contribution < -0.4 is 0 Å². The largest absolute Gasteiger partial charge is 0.300 e. The third kappa shape index (κ3) is 3.49. The van der Waals surface area contributed by atoms with Crippen molar-refractivity contribution in [1.29, 1.82) is 0 Å². The normalized spacial score (nSPS) is 11.0. The summed E-state index contributed by atoms with van der Waals surface area (Å²) in [4.78, 5) is 16.8. The Bertz CT molecular complexity index is 1100. The lowest BCUT2D eigenvalue weighted by molar-refractivity contribution is 0.0982. The van der Waals surface area contributed by atoms with Gasteiger partial charge in [-0.15, -0.1) is 0 Å². The van der Waals surface area contributed by atoms with Crippen LogP contribution in [0.3, 0.4) is 0 Å². The number of aromatic nitrogens is 2. The summed E-state index contributed by atoms with van der Waals surface area (Å²) in [5.41, 5.74) is 3.79. The summed E-state index contributed by atoms with van der Waals surface area (Å²) >= 11 is 6.02. The molecule has 0 saturated carbocycles. The standard InChI is InChI=1S/C22H16ClFN2O/c23-18-4-3-5-19(24)17(18)11-12-21(27)16-9-7-15(8-10-16)20-14-25-22-6-1-2-13-26(20)22/h1-10,13-14H,11-12H2. The maximum absolute atomic E-state index is 13.8. The van der Waals surface area contributed by atoms with Crippen LogP contribution in [0, 0.1) is 5.82 Å². The van der Waals surface area contributed by atoms with Crippen LogP contribution in [-0.2, 0) is 6.42 Å². The summed E-state index contributed by atoms with van der Waals surface area (Å²) in [6, 6.07) is 17.8. The number of fused-ring (bicyclic) bond motifs is 1. The van der Waals surface area contributed by atoms with Gasteiger partial charge in [0.2, 0.25) is 0 Å². The number of rotatable bonds is 5. The molecule has 4 aromatic rings. The second-order valence-corrected chi connectivity index (χ2v) is 6.68. The van der Waals surface area contributed by atoms with E-state index in [9.17, 15) is 9.18 Å². The number of imidazole rings is 1. The van der Waals surface area contributed by atoms with Crippen LogP contribution in [0.15, 0.2) is 73.1 Å². The average molecular weight is 379 g/mol. The van der Waals surface area contributed by atoms with Gasteiger partial charge in [-0.1, -0.05) is 48.0 Å². The minimum atomic E-state index is -0.377. The number of ketones is 1. The highest BCUT2D eigenvalue weighted by molar-refractivity contribution is 6.31. The Morgan fingerprint density at radius 3 is 2.63 bits per heavy atom. The van der Waals surface area contributed by atoms with Crippen LogP contribution in [0.5, 0.6) is 0 Å². The number of nitrogens with zero attached hydrogens (tertiary/aromatic N) is 2. The van der Waals surface area contributed by atoms with Crippen molar-refractivity contribution < 1.29 is 9.18 Å². The second-order valence-electron chi connectivity index (χ2n) is 6.27. The fraction of sp³-hybridized carbons (Fsp3) is 0.0909. The summed E-state index contributed by atoms with van der Waals surface area (Å²) in [6.07, 6.45) is 4.25. The van der Waals surface area contributed by atoms with Crippen molar-refractivity contribution in [3.63, 3.8) is 0 Å². The fourth-order valence-corrected chi connectivity index (χ4v) is 3.38. The molecule has 3 nitrogen and oxygen atoms in total. The van der Waals surface area contributed by atoms with Crippen molar-refractivity contribution in [2.24, 2.45) is 0 Å². The highest BCUT2D eigenvalue weighted by Gasteiger charge is 2.12. The second kappa shape index (κ2) is 7.33. The quantitative estimate of drug-likeness (QED) is 0.423.